The van der Waals surface area contributed by atoms with Crippen LogP contribution in [0, 0.1) is 12.8 Å². The molecule has 1 aromatic carbocycles. The van der Waals surface area contributed by atoms with Gasteiger partial charge in [0.05, 0.1) is 12.2 Å². The third-order valence-corrected chi connectivity index (χ3v) is 4.69. The van der Waals surface area contributed by atoms with Gasteiger partial charge in [0.25, 0.3) is 0 Å². The van der Waals surface area contributed by atoms with Crippen molar-refractivity contribution in [3.63, 3.8) is 0 Å². The van der Waals surface area contributed by atoms with Crippen molar-refractivity contribution >= 4 is 55.9 Å². The molecule has 0 bridgehead atoms. The molecule has 1 N–H and O–H groups in total. The van der Waals surface area contributed by atoms with Crippen LogP contribution in [0.15, 0.2) is 26.1 Å². The summed E-state index contributed by atoms with van der Waals surface area (Å²) >= 11 is 7.40. The summed E-state index contributed by atoms with van der Waals surface area (Å²) in [6.45, 7) is 4.97. The van der Waals surface area contributed by atoms with Crippen LogP contribution in [0.4, 0.5) is 5.69 Å². The number of aryl methyl sites for hydroxylation is 1. The molecule has 1 aliphatic heterocycles. The van der Waals surface area contributed by atoms with E-state index in [-0.39, 0.29) is 12.4 Å². The summed E-state index contributed by atoms with van der Waals surface area (Å²) in [5, 5.41) is 3.39. The minimum atomic E-state index is 0. The highest BCUT2D eigenvalue weighted by Gasteiger charge is 2.29. The van der Waals surface area contributed by atoms with Gasteiger partial charge in [-0.2, -0.15) is 0 Å². The summed E-state index contributed by atoms with van der Waals surface area (Å²) in [6.07, 6.45) is 2.68. The van der Waals surface area contributed by atoms with E-state index >= 15 is 0 Å². The van der Waals surface area contributed by atoms with Gasteiger partial charge in [-0.05, 0) is 75.2 Å². The molecule has 3 nitrogen and oxygen atoms in total. The van der Waals surface area contributed by atoms with E-state index in [1.165, 1.54) is 24.1 Å². The van der Waals surface area contributed by atoms with Crippen LogP contribution in [0.25, 0.3) is 0 Å². The minimum absolute atomic E-state index is 0. The molecule has 2 aliphatic rings. The zero-order valence-corrected chi connectivity index (χ0v) is 15.3. The monoisotopic (exact) mass is 421 g/mol. The van der Waals surface area contributed by atoms with Crippen molar-refractivity contribution < 1.29 is 0 Å². The molecule has 0 atom stereocenters. The average Bonchev–Trinajstić information content (AvgIpc) is 2.99. The van der Waals surface area contributed by atoms with Gasteiger partial charge in [0.15, 0.2) is 5.96 Å². The maximum atomic E-state index is 4.59. The number of halogens is 3. The van der Waals surface area contributed by atoms with E-state index in [0.717, 1.165) is 40.5 Å². The summed E-state index contributed by atoms with van der Waals surface area (Å²) < 4.78 is 2.24. The van der Waals surface area contributed by atoms with Gasteiger partial charge >= 0.3 is 0 Å². The van der Waals surface area contributed by atoms with Gasteiger partial charge in [-0.1, -0.05) is 0 Å². The van der Waals surface area contributed by atoms with Crippen molar-refractivity contribution in [3.8, 4) is 0 Å². The van der Waals surface area contributed by atoms with Crippen molar-refractivity contribution in [1.29, 1.82) is 0 Å². The Labute approximate surface area is 142 Å². The standard InChI is InChI=1S/C14H17Br2N3.ClH/c1-9-6-11(15)13(12(16)7-9)19(8-10-2-3-10)14-17-4-5-18-14;/h6-7,10H,2-5,8H2,1H3,(H,17,18);1H. The Balaban J connectivity index is 0.00000147. The summed E-state index contributed by atoms with van der Waals surface area (Å²) in [5.74, 6) is 1.82. The van der Waals surface area contributed by atoms with Gasteiger partial charge in [-0.25, -0.2) is 0 Å². The molecular formula is C14H18Br2ClN3. The fourth-order valence-electron chi connectivity index (χ4n) is 2.36. The van der Waals surface area contributed by atoms with E-state index < -0.39 is 0 Å². The van der Waals surface area contributed by atoms with E-state index in [9.17, 15) is 0 Å². The lowest BCUT2D eigenvalue weighted by Crippen LogP contribution is -2.40. The molecule has 1 aliphatic carbocycles. The van der Waals surface area contributed by atoms with Gasteiger partial charge < -0.3 is 10.2 Å². The number of nitrogens with one attached hydrogen (secondary N) is 1. The lowest BCUT2D eigenvalue weighted by molar-refractivity contribution is 0.811. The molecule has 0 radical (unpaired) electrons. The second kappa shape index (κ2) is 6.67. The van der Waals surface area contributed by atoms with E-state index in [0.29, 0.717) is 0 Å². The molecule has 0 amide bonds. The van der Waals surface area contributed by atoms with Crippen LogP contribution in [-0.4, -0.2) is 25.6 Å². The van der Waals surface area contributed by atoms with E-state index in [4.69, 9.17) is 0 Å². The Morgan fingerprint density at radius 3 is 2.45 bits per heavy atom. The van der Waals surface area contributed by atoms with Crippen LogP contribution in [0.5, 0.6) is 0 Å². The van der Waals surface area contributed by atoms with Crippen LogP contribution < -0.4 is 10.2 Å². The molecule has 1 heterocycles. The second-order valence-electron chi connectivity index (χ2n) is 5.26. The van der Waals surface area contributed by atoms with Crippen molar-refractivity contribution in [2.24, 2.45) is 10.9 Å². The Bertz CT molecular complexity index is 506. The molecule has 1 aromatic rings. The summed E-state index contributed by atoms with van der Waals surface area (Å²) in [5.41, 5.74) is 2.43. The molecule has 0 aromatic heterocycles. The van der Waals surface area contributed by atoms with Gasteiger partial charge in [0.2, 0.25) is 0 Å². The fourth-order valence-corrected chi connectivity index (χ4v) is 4.20. The SMILES string of the molecule is Cc1cc(Br)c(N(CC2CC2)C2=NCCN2)c(Br)c1.Cl. The van der Waals surface area contributed by atoms with Crippen molar-refractivity contribution in [1.82, 2.24) is 5.32 Å². The van der Waals surface area contributed by atoms with Crippen LogP contribution in [-0.2, 0) is 0 Å². The van der Waals surface area contributed by atoms with Gasteiger partial charge in [0, 0.05) is 22.0 Å². The fraction of sp³-hybridized carbons (Fsp3) is 0.500. The topological polar surface area (TPSA) is 27.6 Å². The predicted molar refractivity (Wildman–Crippen MR) is 94.2 cm³/mol. The van der Waals surface area contributed by atoms with Gasteiger partial charge in [-0.15, -0.1) is 12.4 Å². The highest BCUT2D eigenvalue weighted by atomic mass is 79.9. The molecule has 20 heavy (non-hydrogen) atoms. The van der Waals surface area contributed by atoms with E-state index in [1.807, 2.05) is 0 Å². The van der Waals surface area contributed by atoms with Crippen molar-refractivity contribution in [2.75, 3.05) is 24.5 Å². The zero-order valence-electron chi connectivity index (χ0n) is 11.3. The molecule has 110 valence electrons. The van der Waals surface area contributed by atoms with Crippen LogP contribution in [0.3, 0.4) is 0 Å². The molecule has 0 saturated heterocycles. The number of anilines is 1. The summed E-state index contributed by atoms with van der Waals surface area (Å²) in [6, 6.07) is 4.32. The lowest BCUT2D eigenvalue weighted by atomic mass is 10.2. The first-order valence-electron chi connectivity index (χ1n) is 6.66. The highest BCUT2D eigenvalue weighted by molar-refractivity contribution is 9.11. The number of benzene rings is 1. The molecule has 1 fully saturated rings. The molecule has 1 saturated carbocycles. The Hall–Kier alpha value is -0.260. The zero-order chi connectivity index (χ0) is 13.4. The Kier molecular flexibility index (Phi) is 5.37. The number of hydrogen-bond donors (Lipinski definition) is 1. The first kappa shape index (κ1) is 16.1. The largest absolute Gasteiger partial charge is 0.354 e. The van der Waals surface area contributed by atoms with Gasteiger partial charge in [-0.3, -0.25) is 4.99 Å². The second-order valence-corrected chi connectivity index (χ2v) is 6.97. The average molecular weight is 424 g/mol. The summed E-state index contributed by atoms with van der Waals surface area (Å²) in [4.78, 5) is 6.91. The first-order valence-corrected chi connectivity index (χ1v) is 8.25. The minimum Gasteiger partial charge on any atom is -0.354 e. The third kappa shape index (κ3) is 3.49. The van der Waals surface area contributed by atoms with Crippen molar-refractivity contribution in [2.45, 2.75) is 19.8 Å². The molecule has 3 rings (SSSR count). The highest BCUT2D eigenvalue weighted by Crippen LogP contribution is 2.39. The van der Waals surface area contributed by atoms with E-state index in [2.05, 4.69) is 66.1 Å². The van der Waals surface area contributed by atoms with E-state index in [1.54, 1.807) is 0 Å². The first-order chi connectivity index (χ1) is 9.15. The molecule has 0 spiro atoms. The predicted octanol–water partition coefficient (Wildman–Crippen LogP) is 4.12. The maximum Gasteiger partial charge on any atom is 0.198 e. The Morgan fingerprint density at radius 1 is 1.30 bits per heavy atom. The number of hydrogen-bond acceptors (Lipinski definition) is 3. The summed E-state index contributed by atoms with van der Waals surface area (Å²) in [7, 11) is 0. The normalized spacial score (nSPS) is 17.2. The Morgan fingerprint density at radius 2 is 1.95 bits per heavy atom. The number of guanidine groups is 1. The molecule has 6 heteroatoms. The third-order valence-electron chi connectivity index (χ3n) is 3.48. The van der Waals surface area contributed by atoms with Gasteiger partial charge in [0.1, 0.15) is 0 Å². The van der Waals surface area contributed by atoms with Crippen molar-refractivity contribution in [3.05, 3.63) is 26.6 Å². The number of aliphatic imine (C=N–C) groups is 1. The quantitative estimate of drug-likeness (QED) is 0.792. The lowest BCUT2D eigenvalue weighted by Gasteiger charge is -2.27. The number of rotatable bonds is 3. The van der Waals surface area contributed by atoms with Crippen LogP contribution in [0.2, 0.25) is 0 Å². The van der Waals surface area contributed by atoms with Crippen LogP contribution >= 0.6 is 44.3 Å². The number of nitrogens with zero attached hydrogens (tertiary/aromatic N) is 2. The maximum absolute atomic E-state index is 4.59. The van der Waals surface area contributed by atoms with Crippen LogP contribution in [0.1, 0.15) is 18.4 Å². The molecular weight excluding hydrogens is 405 g/mol. The molecule has 0 unspecified atom stereocenters. The smallest absolute Gasteiger partial charge is 0.198 e.